The van der Waals surface area contributed by atoms with Crippen LogP contribution in [-0.4, -0.2) is 25.2 Å². The van der Waals surface area contributed by atoms with Gasteiger partial charge in [0.25, 0.3) is 5.56 Å². The van der Waals surface area contributed by atoms with Gasteiger partial charge in [-0.1, -0.05) is 17.7 Å². The predicted octanol–water partition coefficient (Wildman–Crippen LogP) is 1.69. The smallest absolute Gasteiger partial charge is 0.282 e. The second-order valence-electron chi connectivity index (χ2n) is 5.95. The SMILES string of the molecule is Cc1ccc(NC(=O)Cn2cnc3c(C)n(C)nc3c2=O)c(C)c1. The van der Waals surface area contributed by atoms with Crippen LogP contribution in [0.2, 0.25) is 0 Å². The molecule has 0 aliphatic carbocycles. The molecule has 0 fully saturated rings. The first-order valence-electron chi connectivity index (χ1n) is 7.62. The third kappa shape index (κ3) is 2.80. The molecule has 3 aromatic rings. The second-order valence-corrected chi connectivity index (χ2v) is 5.95. The monoisotopic (exact) mass is 325 g/mol. The van der Waals surface area contributed by atoms with Crippen molar-refractivity contribution in [2.45, 2.75) is 27.3 Å². The molecule has 0 saturated carbocycles. The zero-order chi connectivity index (χ0) is 17.4. The molecule has 7 heteroatoms. The lowest BCUT2D eigenvalue weighted by Crippen LogP contribution is -2.28. The van der Waals surface area contributed by atoms with Gasteiger partial charge in [-0.2, -0.15) is 5.10 Å². The molecule has 7 nitrogen and oxygen atoms in total. The first-order chi connectivity index (χ1) is 11.4. The maximum atomic E-state index is 12.5. The molecule has 0 aliphatic heterocycles. The van der Waals surface area contributed by atoms with Gasteiger partial charge in [0.15, 0.2) is 5.52 Å². The van der Waals surface area contributed by atoms with Crippen molar-refractivity contribution < 1.29 is 4.79 Å². The molecule has 0 unspecified atom stereocenters. The molecule has 0 atom stereocenters. The van der Waals surface area contributed by atoms with Gasteiger partial charge >= 0.3 is 0 Å². The van der Waals surface area contributed by atoms with Gasteiger partial charge in [-0.3, -0.25) is 18.8 Å². The minimum atomic E-state index is -0.320. The number of anilines is 1. The van der Waals surface area contributed by atoms with Crippen LogP contribution in [0.4, 0.5) is 5.69 Å². The molecule has 0 spiro atoms. The summed E-state index contributed by atoms with van der Waals surface area (Å²) in [5.74, 6) is -0.280. The van der Waals surface area contributed by atoms with E-state index in [-0.39, 0.29) is 23.5 Å². The molecular formula is C17H19N5O2. The quantitative estimate of drug-likeness (QED) is 0.794. The number of hydrogen-bond donors (Lipinski definition) is 1. The van der Waals surface area contributed by atoms with Crippen molar-refractivity contribution >= 4 is 22.6 Å². The second kappa shape index (κ2) is 5.92. The number of aromatic nitrogens is 4. The standard InChI is InChI=1S/C17H19N5O2/c1-10-5-6-13(11(2)7-10)19-14(23)8-22-9-18-15-12(3)21(4)20-16(15)17(22)24/h5-7,9H,8H2,1-4H3,(H,19,23). The van der Waals surface area contributed by atoms with Crippen molar-refractivity contribution in [3.63, 3.8) is 0 Å². The van der Waals surface area contributed by atoms with Crippen LogP contribution in [0.15, 0.2) is 29.3 Å². The molecule has 1 N–H and O–H groups in total. The topological polar surface area (TPSA) is 81.8 Å². The lowest BCUT2D eigenvalue weighted by molar-refractivity contribution is -0.116. The normalized spacial score (nSPS) is 11.0. The number of aryl methyl sites for hydroxylation is 4. The lowest BCUT2D eigenvalue weighted by atomic mass is 10.1. The lowest BCUT2D eigenvalue weighted by Gasteiger charge is -2.10. The zero-order valence-corrected chi connectivity index (χ0v) is 14.1. The number of carbonyl (C=O) groups is 1. The van der Waals surface area contributed by atoms with Crippen molar-refractivity contribution in [1.29, 1.82) is 0 Å². The third-order valence-electron chi connectivity index (χ3n) is 4.06. The summed E-state index contributed by atoms with van der Waals surface area (Å²) in [5.41, 5.74) is 4.17. The maximum Gasteiger partial charge on any atom is 0.282 e. The number of carbonyl (C=O) groups excluding carboxylic acids is 1. The number of rotatable bonds is 3. The first-order valence-corrected chi connectivity index (χ1v) is 7.62. The molecule has 3 rings (SSSR count). The number of fused-ring (bicyclic) bond motifs is 1. The summed E-state index contributed by atoms with van der Waals surface area (Å²) < 4.78 is 2.88. The fraction of sp³-hybridized carbons (Fsp3) is 0.294. The van der Waals surface area contributed by atoms with Gasteiger partial charge in [0.1, 0.15) is 12.1 Å². The molecule has 1 amide bonds. The molecule has 2 heterocycles. The van der Waals surface area contributed by atoms with Crippen LogP contribution in [0, 0.1) is 20.8 Å². The van der Waals surface area contributed by atoms with Crippen LogP contribution in [0.1, 0.15) is 16.8 Å². The van der Waals surface area contributed by atoms with Crippen molar-refractivity contribution in [1.82, 2.24) is 19.3 Å². The number of hydrogen-bond acceptors (Lipinski definition) is 4. The number of nitrogens with zero attached hydrogens (tertiary/aromatic N) is 4. The summed E-state index contributed by atoms with van der Waals surface area (Å²) in [6.07, 6.45) is 1.39. The largest absolute Gasteiger partial charge is 0.324 e. The van der Waals surface area contributed by atoms with Crippen molar-refractivity contribution in [2.24, 2.45) is 7.05 Å². The van der Waals surface area contributed by atoms with Crippen molar-refractivity contribution in [2.75, 3.05) is 5.32 Å². The predicted molar refractivity (Wildman–Crippen MR) is 92.1 cm³/mol. The van der Waals surface area contributed by atoms with E-state index in [0.29, 0.717) is 5.52 Å². The molecule has 0 aliphatic rings. The van der Waals surface area contributed by atoms with E-state index in [1.807, 2.05) is 39.0 Å². The molecule has 1 aromatic carbocycles. The highest BCUT2D eigenvalue weighted by molar-refractivity contribution is 5.91. The number of nitrogens with one attached hydrogen (secondary N) is 1. The summed E-state index contributed by atoms with van der Waals surface area (Å²) in [4.78, 5) is 29.0. The van der Waals surface area contributed by atoms with Gasteiger partial charge in [0, 0.05) is 12.7 Å². The Kier molecular flexibility index (Phi) is 3.92. The minimum Gasteiger partial charge on any atom is -0.324 e. The van der Waals surface area contributed by atoms with Gasteiger partial charge in [-0.25, -0.2) is 4.98 Å². The van der Waals surface area contributed by atoms with E-state index in [9.17, 15) is 9.59 Å². The fourth-order valence-electron chi connectivity index (χ4n) is 2.62. The average Bonchev–Trinajstić information content (AvgIpc) is 2.81. The summed E-state index contributed by atoms with van der Waals surface area (Å²) in [5, 5.41) is 7.00. The highest BCUT2D eigenvalue weighted by atomic mass is 16.2. The van der Waals surface area contributed by atoms with Crippen LogP contribution in [0.3, 0.4) is 0 Å². The van der Waals surface area contributed by atoms with Gasteiger partial charge in [0.2, 0.25) is 5.91 Å². The summed E-state index contributed by atoms with van der Waals surface area (Å²) in [7, 11) is 1.76. The Balaban J connectivity index is 1.85. The van der Waals surface area contributed by atoms with Crippen LogP contribution >= 0.6 is 0 Å². The molecule has 124 valence electrons. The Morgan fingerprint density at radius 3 is 2.67 bits per heavy atom. The van der Waals surface area contributed by atoms with E-state index in [4.69, 9.17) is 0 Å². The Labute approximate surface area is 138 Å². The van der Waals surface area contributed by atoms with E-state index < -0.39 is 0 Å². The first kappa shape index (κ1) is 15.9. The van der Waals surface area contributed by atoms with E-state index >= 15 is 0 Å². The Morgan fingerprint density at radius 1 is 1.21 bits per heavy atom. The number of benzene rings is 1. The summed E-state index contributed by atoms with van der Waals surface area (Å²) in [6, 6.07) is 5.78. The molecule has 2 aromatic heterocycles. The van der Waals surface area contributed by atoms with Crippen LogP contribution in [0.25, 0.3) is 11.0 Å². The number of amides is 1. The van der Waals surface area contributed by atoms with E-state index in [1.165, 1.54) is 10.9 Å². The van der Waals surface area contributed by atoms with Crippen molar-refractivity contribution in [3.05, 3.63) is 51.7 Å². The Bertz CT molecular complexity index is 1000. The zero-order valence-electron chi connectivity index (χ0n) is 14.1. The maximum absolute atomic E-state index is 12.5. The van der Waals surface area contributed by atoms with Gasteiger partial charge < -0.3 is 5.32 Å². The van der Waals surface area contributed by atoms with E-state index in [2.05, 4.69) is 15.4 Å². The Morgan fingerprint density at radius 2 is 1.96 bits per heavy atom. The van der Waals surface area contributed by atoms with E-state index in [0.717, 1.165) is 22.5 Å². The fourth-order valence-corrected chi connectivity index (χ4v) is 2.62. The highest BCUT2D eigenvalue weighted by Gasteiger charge is 2.14. The van der Waals surface area contributed by atoms with Gasteiger partial charge in [0.05, 0.1) is 12.0 Å². The summed E-state index contributed by atoms with van der Waals surface area (Å²) >= 11 is 0. The molecule has 24 heavy (non-hydrogen) atoms. The third-order valence-corrected chi connectivity index (χ3v) is 4.06. The van der Waals surface area contributed by atoms with Crippen LogP contribution in [-0.2, 0) is 18.4 Å². The van der Waals surface area contributed by atoms with Crippen LogP contribution in [0.5, 0.6) is 0 Å². The molecular weight excluding hydrogens is 306 g/mol. The highest BCUT2D eigenvalue weighted by Crippen LogP contribution is 2.16. The molecule has 0 bridgehead atoms. The molecule has 0 saturated heterocycles. The Hall–Kier alpha value is -2.96. The van der Waals surface area contributed by atoms with E-state index in [1.54, 1.807) is 11.7 Å². The van der Waals surface area contributed by atoms with Gasteiger partial charge in [-0.05, 0) is 32.4 Å². The summed E-state index contributed by atoms with van der Waals surface area (Å²) in [6.45, 7) is 5.66. The van der Waals surface area contributed by atoms with Crippen LogP contribution < -0.4 is 10.9 Å². The minimum absolute atomic E-state index is 0.106. The average molecular weight is 325 g/mol. The van der Waals surface area contributed by atoms with Crippen molar-refractivity contribution in [3.8, 4) is 0 Å². The molecule has 0 radical (unpaired) electrons. The van der Waals surface area contributed by atoms with Gasteiger partial charge in [-0.15, -0.1) is 0 Å².